The van der Waals surface area contributed by atoms with Crippen molar-refractivity contribution in [3.05, 3.63) is 31.9 Å². The summed E-state index contributed by atoms with van der Waals surface area (Å²) in [5, 5.41) is 9.73. The quantitative estimate of drug-likeness (QED) is 0.464. The number of rotatable bonds is 5. The smallest absolute Gasteiger partial charge is 0.270 e. The van der Waals surface area contributed by atoms with Crippen molar-refractivity contribution in [2.45, 2.75) is 59.1 Å². The molecule has 0 aliphatic carbocycles. The number of aromatic nitrogens is 1. The lowest BCUT2D eigenvalue weighted by atomic mass is 9.98. The molecule has 7 nitrogen and oxygen atoms in total. The van der Waals surface area contributed by atoms with Gasteiger partial charge in [0.05, 0.1) is 17.6 Å². The summed E-state index contributed by atoms with van der Waals surface area (Å²) >= 11 is 6.80. The molecule has 0 N–H and O–H groups in total. The predicted octanol–water partition coefficient (Wildman–Crippen LogP) is 3.66. The first-order valence-corrected chi connectivity index (χ1v) is 12.9. The third kappa shape index (κ3) is 4.61. The highest BCUT2D eigenvalue weighted by atomic mass is 32.2. The highest BCUT2D eigenvalue weighted by Gasteiger charge is 2.35. The molecular weight excluding hydrogens is 456 g/mol. The number of thiocarbonyl (C=S) groups is 1. The molecule has 3 fully saturated rings. The molecule has 176 valence electrons. The zero-order chi connectivity index (χ0) is 23.7. The zero-order valence-corrected chi connectivity index (χ0v) is 21.1. The van der Waals surface area contributed by atoms with Crippen molar-refractivity contribution < 1.29 is 9.53 Å². The second-order valence-electron chi connectivity index (χ2n) is 9.02. The van der Waals surface area contributed by atoms with Gasteiger partial charge in [0.1, 0.15) is 21.8 Å². The average molecular weight is 487 g/mol. The zero-order valence-electron chi connectivity index (χ0n) is 19.4. The number of amides is 1. The second kappa shape index (κ2) is 10.00. The molecule has 4 heterocycles. The highest BCUT2D eigenvalue weighted by molar-refractivity contribution is 8.26. The Kier molecular flexibility index (Phi) is 7.27. The third-order valence-electron chi connectivity index (χ3n) is 6.68. The van der Waals surface area contributed by atoms with Gasteiger partial charge in [0, 0.05) is 31.8 Å². The molecule has 0 bridgehead atoms. The van der Waals surface area contributed by atoms with E-state index in [9.17, 15) is 14.9 Å². The fourth-order valence-electron chi connectivity index (χ4n) is 4.94. The number of ether oxygens (including phenoxy) is 1. The van der Waals surface area contributed by atoms with E-state index in [1.54, 1.807) is 16.4 Å². The van der Waals surface area contributed by atoms with Gasteiger partial charge in [-0.15, -0.1) is 0 Å². The molecule has 1 aromatic rings. The van der Waals surface area contributed by atoms with Crippen LogP contribution in [0.2, 0.25) is 0 Å². The van der Waals surface area contributed by atoms with Gasteiger partial charge in [-0.3, -0.25) is 19.1 Å². The Labute approximate surface area is 204 Å². The van der Waals surface area contributed by atoms with Gasteiger partial charge in [-0.25, -0.2) is 0 Å². The Morgan fingerprint density at radius 2 is 2.09 bits per heavy atom. The van der Waals surface area contributed by atoms with E-state index < -0.39 is 0 Å². The minimum absolute atomic E-state index is 0.0196. The first-order valence-electron chi connectivity index (χ1n) is 11.6. The van der Waals surface area contributed by atoms with Gasteiger partial charge in [0.15, 0.2) is 0 Å². The van der Waals surface area contributed by atoms with Crippen molar-refractivity contribution in [3.63, 3.8) is 0 Å². The molecule has 0 aromatic carbocycles. The van der Waals surface area contributed by atoms with Crippen LogP contribution in [-0.4, -0.2) is 52.0 Å². The summed E-state index contributed by atoms with van der Waals surface area (Å²) in [6.07, 6.45) is 5.98. The monoisotopic (exact) mass is 486 g/mol. The van der Waals surface area contributed by atoms with Gasteiger partial charge in [-0.1, -0.05) is 30.9 Å². The van der Waals surface area contributed by atoms with E-state index in [0.717, 1.165) is 56.8 Å². The van der Waals surface area contributed by atoms with E-state index in [1.807, 2.05) is 13.0 Å². The maximum atomic E-state index is 13.3. The molecule has 3 aliphatic heterocycles. The number of nitriles is 1. The maximum absolute atomic E-state index is 13.3. The Morgan fingerprint density at radius 3 is 2.73 bits per heavy atom. The van der Waals surface area contributed by atoms with E-state index in [4.69, 9.17) is 17.0 Å². The summed E-state index contributed by atoms with van der Waals surface area (Å²) in [6.45, 7) is 9.26. The van der Waals surface area contributed by atoms with Gasteiger partial charge in [0.2, 0.25) is 0 Å². The number of pyridine rings is 1. The van der Waals surface area contributed by atoms with Gasteiger partial charge < -0.3 is 9.64 Å². The third-order valence-corrected chi connectivity index (χ3v) is 8.06. The van der Waals surface area contributed by atoms with Crippen molar-refractivity contribution in [2.24, 2.45) is 5.92 Å². The van der Waals surface area contributed by atoms with Crippen LogP contribution < -0.4 is 10.5 Å². The molecule has 3 aliphatic rings. The van der Waals surface area contributed by atoms with Crippen LogP contribution >= 0.6 is 24.0 Å². The minimum atomic E-state index is -0.270. The Morgan fingerprint density at radius 1 is 1.30 bits per heavy atom. The molecule has 0 saturated carbocycles. The molecule has 2 atom stereocenters. The minimum Gasteiger partial charge on any atom is -0.376 e. The molecule has 2 unspecified atom stereocenters. The molecule has 0 spiro atoms. The molecule has 4 rings (SSSR count). The van der Waals surface area contributed by atoms with Crippen LogP contribution in [0.4, 0.5) is 5.82 Å². The van der Waals surface area contributed by atoms with E-state index in [2.05, 4.69) is 17.9 Å². The Bertz CT molecular complexity index is 1100. The van der Waals surface area contributed by atoms with Crippen molar-refractivity contribution in [1.29, 1.82) is 5.26 Å². The lowest BCUT2D eigenvalue weighted by Crippen LogP contribution is -2.40. The number of hydrogen-bond acceptors (Lipinski definition) is 7. The highest BCUT2D eigenvalue weighted by Crippen LogP contribution is 2.37. The molecule has 0 radical (unpaired) electrons. The van der Waals surface area contributed by atoms with Gasteiger partial charge in [-0.2, -0.15) is 5.26 Å². The summed E-state index contributed by atoms with van der Waals surface area (Å²) < 4.78 is 7.91. The SMILES string of the molecule is CCn1c(N2CCCC(C)C2)c(/C=C2/SC(=S)N(CC3CCCO3)C2=O)c(C)c(C#N)c1=O. The summed E-state index contributed by atoms with van der Waals surface area (Å²) in [6, 6.07) is 2.09. The first kappa shape index (κ1) is 24.0. The standard InChI is InChI=1S/C24H30N4O3S2/c1-4-27-21(26-9-5-7-15(2)13-26)18(16(3)19(12-25)22(27)29)11-20-23(30)28(24(32)33-20)14-17-8-6-10-31-17/h11,15,17H,4-10,13-14H2,1-3H3/b20-11+. The van der Waals surface area contributed by atoms with Gasteiger partial charge in [-0.05, 0) is 57.1 Å². The van der Waals surface area contributed by atoms with Crippen LogP contribution in [0.25, 0.3) is 6.08 Å². The van der Waals surface area contributed by atoms with Crippen molar-refractivity contribution >= 4 is 46.1 Å². The van der Waals surface area contributed by atoms with Gasteiger partial charge in [0.25, 0.3) is 11.5 Å². The largest absolute Gasteiger partial charge is 0.376 e. The molecule has 1 amide bonds. The Balaban J connectivity index is 1.80. The fraction of sp³-hybridized carbons (Fsp3) is 0.583. The van der Waals surface area contributed by atoms with Crippen LogP contribution in [0.1, 0.15) is 56.2 Å². The summed E-state index contributed by atoms with van der Waals surface area (Å²) in [7, 11) is 0. The van der Waals surface area contributed by atoms with Gasteiger partial charge >= 0.3 is 0 Å². The van der Waals surface area contributed by atoms with Crippen LogP contribution in [0.15, 0.2) is 9.70 Å². The number of nitrogens with zero attached hydrogens (tertiary/aromatic N) is 4. The average Bonchev–Trinajstić information content (AvgIpc) is 3.40. The number of anilines is 1. The van der Waals surface area contributed by atoms with Crippen molar-refractivity contribution in [3.8, 4) is 6.07 Å². The lowest BCUT2D eigenvalue weighted by Gasteiger charge is -2.35. The van der Waals surface area contributed by atoms with Crippen LogP contribution in [0.3, 0.4) is 0 Å². The van der Waals surface area contributed by atoms with E-state index in [-0.39, 0.29) is 23.1 Å². The number of carbonyl (C=O) groups is 1. The van der Waals surface area contributed by atoms with Crippen molar-refractivity contribution in [2.75, 3.05) is 31.1 Å². The molecule has 33 heavy (non-hydrogen) atoms. The molecule has 9 heteroatoms. The van der Waals surface area contributed by atoms with Crippen LogP contribution in [0, 0.1) is 24.2 Å². The van der Waals surface area contributed by atoms with Crippen LogP contribution in [0.5, 0.6) is 0 Å². The summed E-state index contributed by atoms with van der Waals surface area (Å²) in [4.78, 5) is 30.8. The van der Waals surface area contributed by atoms with Crippen LogP contribution in [-0.2, 0) is 16.1 Å². The lowest BCUT2D eigenvalue weighted by molar-refractivity contribution is -0.123. The topological polar surface area (TPSA) is 78.6 Å². The van der Waals surface area contributed by atoms with E-state index >= 15 is 0 Å². The Hall–Kier alpha value is -2.15. The maximum Gasteiger partial charge on any atom is 0.270 e. The molecular formula is C24H30N4O3S2. The summed E-state index contributed by atoms with van der Waals surface area (Å²) in [5.41, 5.74) is 1.24. The predicted molar refractivity (Wildman–Crippen MR) is 135 cm³/mol. The first-order chi connectivity index (χ1) is 15.8. The van der Waals surface area contributed by atoms with Crippen molar-refractivity contribution in [1.82, 2.24) is 9.47 Å². The second-order valence-corrected chi connectivity index (χ2v) is 10.7. The molecule has 1 aromatic heterocycles. The fourth-order valence-corrected chi connectivity index (χ4v) is 6.20. The number of carbonyl (C=O) groups excluding carboxylic acids is 1. The molecule has 3 saturated heterocycles. The number of hydrogen-bond donors (Lipinski definition) is 0. The van der Waals surface area contributed by atoms with E-state index in [0.29, 0.717) is 33.8 Å². The number of piperidine rings is 1. The normalized spacial score (nSPS) is 24.7. The number of thioether (sulfide) groups is 1. The van der Waals surface area contributed by atoms with E-state index in [1.165, 1.54) is 11.8 Å². The summed E-state index contributed by atoms with van der Waals surface area (Å²) in [5.74, 6) is 1.17.